The second kappa shape index (κ2) is 12.4. The van der Waals surface area contributed by atoms with Crippen molar-refractivity contribution in [2.45, 2.75) is 26.3 Å². The fourth-order valence-electron chi connectivity index (χ4n) is 3.46. The Morgan fingerprint density at radius 2 is 2.00 bits per heavy atom. The molecule has 7 nitrogen and oxygen atoms in total. The number of rotatable bonds is 7. The molecular weight excluding hydrogens is 505 g/mol. The van der Waals surface area contributed by atoms with E-state index in [9.17, 15) is 4.79 Å². The van der Waals surface area contributed by atoms with Gasteiger partial charge in [0.05, 0.1) is 6.54 Å². The summed E-state index contributed by atoms with van der Waals surface area (Å²) in [5.74, 6) is 1.40. The van der Waals surface area contributed by atoms with E-state index in [-0.39, 0.29) is 29.9 Å². The van der Waals surface area contributed by atoms with Gasteiger partial charge in [0.25, 0.3) is 0 Å². The summed E-state index contributed by atoms with van der Waals surface area (Å²) >= 11 is 0. The van der Waals surface area contributed by atoms with Crippen LogP contribution in [0, 0.1) is 6.92 Å². The van der Waals surface area contributed by atoms with E-state index in [0.29, 0.717) is 19.2 Å². The van der Waals surface area contributed by atoms with Crippen LogP contribution in [0.2, 0.25) is 0 Å². The Labute approximate surface area is 201 Å². The van der Waals surface area contributed by atoms with Crippen molar-refractivity contribution in [1.82, 2.24) is 10.6 Å². The van der Waals surface area contributed by atoms with Crippen LogP contribution in [0.3, 0.4) is 0 Å². The molecule has 2 aromatic carbocycles. The maximum absolute atomic E-state index is 11.2. The number of aryl methyl sites for hydroxylation is 1. The van der Waals surface area contributed by atoms with Gasteiger partial charge in [-0.05, 0) is 37.6 Å². The van der Waals surface area contributed by atoms with Crippen LogP contribution in [0.15, 0.2) is 53.5 Å². The van der Waals surface area contributed by atoms with E-state index in [1.165, 1.54) is 18.2 Å². The third-order valence-corrected chi connectivity index (χ3v) is 4.97. The minimum atomic E-state index is -0.100. The lowest BCUT2D eigenvalue weighted by molar-refractivity contribution is -0.114. The van der Waals surface area contributed by atoms with Gasteiger partial charge in [-0.1, -0.05) is 23.8 Å². The van der Waals surface area contributed by atoms with Crippen LogP contribution in [0.1, 0.15) is 18.9 Å². The van der Waals surface area contributed by atoms with Crippen LogP contribution in [-0.2, 0) is 4.79 Å². The van der Waals surface area contributed by atoms with E-state index in [2.05, 4.69) is 57.0 Å². The molecule has 0 radical (unpaired) electrons. The van der Waals surface area contributed by atoms with Crippen LogP contribution in [-0.4, -0.2) is 51.2 Å². The van der Waals surface area contributed by atoms with Crippen molar-refractivity contribution < 1.29 is 9.53 Å². The van der Waals surface area contributed by atoms with Crippen LogP contribution in [0.5, 0.6) is 5.75 Å². The first-order chi connectivity index (χ1) is 14.5. The lowest BCUT2D eigenvalue weighted by atomic mass is 10.2. The molecule has 0 spiro atoms. The zero-order chi connectivity index (χ0) is 21.3. The first-order valence-corrected chi connectivity index (χ1v) is 10.3. The molecule has 2 aromatic rings. The van der Waals surface area contributed by atoms with Crippen LogP contribution >= 0.6 is 24.0 Å². The van der Waals surface area contributed by atoms with E-state index in [1.54, 1.807) is 7.05 Å². The molecule has 3 rings (SSSR count). The molecule has 8 heteroatoms. The topological polar surface area (TPSA) is 78.0 Å². The third kappa shape index (κ3) is 7.93. The maximum Gasteiger partial charge on any atom is 0.221 e. The SMILES string of the molecule is CN=C(NCCOc1cccc(NC(C)=O)c1)NC1CCN(c2ccc(C)cc2)C1.I. The number of nitrogens with one attached hydrogen (secondary N) is 3. The number of ether oxygens (including phenoxy) is 1. The molecular formula is C23H32IN5O2. The van der Waals surface area contributed by atoms with Crippen LogP contribution in [0.4, 0.5) is 11.4 Å². The lowest BCUT2D eigenvalue weighted by Gasteiger charge is -2.20. The molecule has 1 saturated heterocycles. The predicted molar refractivity (Wildman–Crippen MR) is 138 cm³/mol. The zero-order valence-corrected chi connectivity index (χ0v) is 20.7. The number of carbonyl (C=O) groups is 1. The van der Waals surface area contributed by atoms with Crippen molar-refractivity contribution in [1.29, 1.82) is 0 Å². The Morgan fingerprint density at radius 3 is 2.71 bits per heavy atom. The van der Waals surface area contributed by atoms with Crippen molar-refractivity contribution in [2.75, 3.05) is 43.5 Å². The highest BCUT2D eigenvalue weighted by atomic mass is 127. The third-order valence-electron chi connectivity index (χ3n) is 4.97. The number of carbonyl (C=O) groups excluding carboxylic acids is 1. The van der Waals surface area contributed by atoms with Crippen LogP contribution in [0.25, 0.3) is 0 Å². The number of guanidine groups is 1. The van der Waals surface area contributed by atoms with Gasteiger partial charge in [-0.25, -0.2) is 0 Å². The summed E-state index contributed by atoms with van der Waals surface area (Å²) in [4.78, 5) is 17.9. The number of hydrogen-bond donors (Lipinski definition) is 3. The molecule has 1 aliphatic heterocycles. The molecule has 1 fully saturated rings. The summed E-state index contributed by atoms with van der Waals surface area (Å²) in [7, 11) is 1.78. The van der Waals surface area contributed by atoms with Gasteiger partial charge in [-0.3, -0.25) is 9.79 Å². The second-order valence-corrected chi connectivity index (χ2v) is 7.47. The second-order valence-electron chi connectivity index (χ2n) is 7.47. The molecule has 1 aliphatic rings. The Hall–Kier alpha value is -2.49. The highest BCUT2D eigenvalue weighted by molar-refractivity contribution is 14.0. The average molecular weight is 537 g/mol. The minimum absolute atomic E-state index is 0. The average Bonchev–Trinajstić information content (AvgIpc) is 3.19. The molecule has 168 valence electrons. The van der Waals surface area contributed by atoms with Crippen molar-refractivity contribution in [3.63, 3.8) is 0 Å². The number of nitrogens with zero attached hydrogens (tertiary/aromatic N) is 2. The molecule has 0 saturated carbocycles. The minimum Gasteiger partial charge on any atom is -0.492 e. The van der Waals surface area contributed by atoms with Crippen molar-refractivity contribution in [3.8, 4) is 5.75 Å². The van der Waals surface area contributed by atoms with E-state index < -0.39 is 0 Å². The molecule has 1 unspecified atom stereocenters. The fraction of sp³-hybridized carbons (Fsp3) is 0.391. The molecule has 3 N–H and O–H groups in total. The van der Waals surface area contributed by atoms with Gasteiger partial charge in [0.15, 0.2) is 5.96 Å². The molecule has 1 amide bonds. The van der Waals surface area contributed by atoms with E-state index in [4.69, 9.17) is 4.74 Å². The number of aliphatic imine (C=N–C) groups is 1. The van der Waals surface area contributed by atoms with Crippen molar-refractivity contribution >= 4 is 47.2 Å². The summed E-state index contributed by atoms with van der Waals surface area (Å²) in [6, 6.07) is 16.4. The number of benzene rings is 2. The Bertz CT molecular complexity index is 873. The summed E-state index contributed by atoms with van der Waals surface area (Å²) in [5, 5.41) is 9.56. The molecule has 1 heterocycles. The van der Waals surface area contributed by atoms with Gasteiger partial charge in [0.1, 0.15) is 12.4 Å². The van der Waals surface area contributed by atoms with E-state index >= 15 is 0 Å². The van der Waals surface area contributed by atoms with Gasteiger partial charge in [0.2, 0.25) is 5.91 Å². The van der Waals surface area contributed by atoms with Crippen molar-refractivity contribution in [2.24, 2.45) is 4.99 Å². The van der Waals surface area contributed by atoms with Gasteiger partial charge >= 0.3 is 0 Å². The summed E-state index contributed by atoms with van der Waals surface area (Å²) in [6.45, 7) is 6.70. The van der Waals surface area contributed by atoms with Crippen LogP contribution < -0.4 is 25.6 Å². The number of amides is 1. The predicted octanol–water partition coefficient (Wildman–Crippen LogP) is 3.39. The Morgan fingerprint density at radius 1 is 1.23 bits per heavy atom. The summed E-state index contributed by atoms with van der Waals surface area (Å²) < 4.78 is 5.77. The zero-order valence-electron chi connectivity index (χ0n) is 18.4. The van der Waals surface area contributed by atoms with Gasteiger partial charge in [-0.2, -0.15) is 0 Å². The van der Waals surface area contributed by atoms with Gasteiger partial charge < -0.3 is 25.6 Å². The Balaban J connectivity index is 0.00000341. The van der Waals surface area contributed by atoms with E-state index in [1.807, 2.05) is 24.3 Å². The highest BCUT2D eigenvalue weighted by Crippen LogP contribution is 2.20. The number of halogens is 1. The lowest BCUT2D eigenvalue weighted by Crippen LogP contribution is -2.45. The number of anilines is 2. The molecule has 31 heavy (non-hydrogen) atoms. The summed E-state index contributed by atoms with van der Waals surface area (Å²) in [6.07, 6.45) is 1.07. The van der Waals surface area contributed by atoms with Gasteiger partial charge in [-0.15, -0.1) is 24.0 Å². The molecule has 0 aromatic heterocycles. The fourth-order valence-corrected chi connectivity index (χ4v) is 3.46. The normalized spacial score (nSPS) is 15.8. The maximum atomic E-state index is 11.2. The number of hydrogen-bond acceptors (Lipinski definition) is 4. The molecule has 0 aliphatic carbocycles. The standard InChI is InChI=1S/C23H31N5O2.HI/c1-17-7-9-21(10-8-17)28-13-11-20(16-28)27-23(24-3)25-12-14-30-22-6-4-5-19(15-22)26-18(2)29;/h4-10,15,20H,11-14,16H2,1-3H3,(H,26,29)(H2,24,25,27);1H. The summed E-state index contributed by atoms with van der Waals surface area (Å²) in [5.41, 5.74) is 3.27. The monoisotopic (exact) mass is 537 g/mol. The Kier molecular flexibility index (Phi) is 9.90. The molecule has 1 atom stereocenters. The molecule has 0 bridgehead atoms. The quantitative estimate of drug-likeness (QED) is 0.219. The van der Waals surface area contributed by atoms with Gasteiger partial charge in [0, 0.05) is 50.5 Å². The van der Waals surface area contributed by atoms with Crippen molar-refractivity contribution in [3.05, 3.63) is 54.1 Å². The first-order valence-electron chi connectivity index (χ1n) is 10.3. The smallest absolute Gasteiger partial charge is 0.221 e. The highest BCUT2D eigenvalue weighted by Gasteiger charge is 2.23. The first kappa shape index (κ1) is 24.8. The largest absolute Gasteiger partial charge is 0.492 e. The van der Waals surface area contributed by atoms with E-state index in [0.717, 1.165) is 36.9 Å².